The third kappa shape index (κ3) is 1.95. The van der Waals surface area contributed by atoms with Gasteiger partial charge in [0.1, 0.15) is 0 Å². The summed E-state index contributed by atoms with van der Waals surface area (Å²) >= 11 is 0. The quantitative estimate of drug-likeness (QED) is 0.621. The number of hydrogen-bond acceptors (Lipinski definition) is 0. The minimum Gasteiger partial charge on any atom is -0.103 e. The highest BCUT2D eigenvalue weighted by Gasteiger charge is 2.07. The molecule has 0 fully saturated rings. The zero-order chi connectivity index (χ0) is 9.80. The van der Waals surface area contributed by atoms with Crippen LogP contribution in [0.25, 0.3) is 5.57 Å². The van der Waals surface area contributed by atoms with Crippen LogP contribution in [-0.2, 0) is 6.42 Å². The first-order chi connectivity index (χ1) is 6.90. The first-order valence-electron chi connectivity index (χ1n) is 5.29. The molecule has 1 aromatic rings. The van der Waals surface area contributed by atoms with Gasteiger partial charge in [0.25, 0.3) is 0 Å². The van der Waals surface area contributed by atoms with Crippen molar-refractivity contribution in [2.45, 2.75) is 25.7 Å². The molecule has 1 aliphatic carbocycles. The van der Waals surface area contributed by atoms with E-state index in [1.165, 1.54) is 29.5 Å². The molecule has 72 valence electrons. The zero-order valence-electron chi connectivity index (χ0n) is 8.50. The van der Waals surface area contributed by atoms with E-state index in [0.717, 1.165) is 12.8 Å². The Bertz CT molecular complexity index is 358. The van der Waals surface area contributed by atoms with Crippen molar-refractivity contribution in [1.82, 2.24) is 0 Å². The van der Waals surface area contributed by atoms with E-state index in [1.807, 2.05) is 6.08 Å². The summed E-state index contributed by atoms with van der Waals surface area (Å²) < 4.78 is 0. The average molecular weight is 184 g/mol. The van der Waals surface area contributed by atoms with Gasteiger partial charge < -0.3 is 0 Å². The van der Waals surface area contributed by atoms with Crippen molar-refractivity contribution in [2.75, 3.05) is 0 Å². The Morgan fingerprint density at radius 3 is 2.86 bits per heavy atom. The van der Waals surface area contributed by atoms with Gasteiger partial charge in [0.2, 0.25) is 0 Å². The van der Waals surface area contributed by atoms with E-state index in [2.05, 4.69) is 36.9 Å². The molecule has 0 N–H and O–H groups in total. The maximum atomic E-state index is 3.75. The van der Waals surface area contributed by atoms with Crippen LogP contribution in [0.3, 0.4) is 0 Å². The molecule has 1 aromatic carbocycles. The lowest BCUT2D eigenvalue weighted by molar-refractivity contribution is 0.977. The van der Waals surface area contributed by atoms with Gasteiger partial charge in [0.15, 0.2) is 0 Å². The second-order valence-electron chi connectivity index (χ2n) is 3.80. The molecule has 0 unspecified atom stereocenters. The second kappa shape index (κ2) is 4.28. The van der Waals surface area contributed by atoms with Gasteiger partial charge in [0, 0.05) is 0 Å². The van der Waals surface area contributed by atoms with E-state index in [1.54, 1.807) is 0 Å². The van der Waals surface area contributed by atoms with Crippen molar-refractivity contribution < 1.29 is 0 Å². The van der Waals surface area contributed by atoms with Crippen molar-refractivity contribution in [1.29, 1.82) is 0 Å². The highest BCUT2D eigenvalue weighted by molar-refractivity contribution is 5.70. The molecule has 0 nitrogen and oxygen atoms in total. The molecular weight excluding hydrogens is 168 g/mol. The van der Waals surface area contributed by atoms with Gasteiger partial charge in [-0.1, -0.05) is 36.4 Å². The fourth-order valence-electron chi connectivity index (χ4n) is 1.75. The lowest BCUT2D eigenvalue weighted by Crippen LogP contribution is -1.94. The largest absolute Gasteiger partial charge is 0.103 e. The SMILES string of the molecule is C=CCCc1cccc(C2=CCC2)c1. The van der Waals surface area contributed by atoms with Gasteiger partial charge >= 0.3 is 0 Å². The summed E-state index contributed by atoms with van der Waals surface area (Å²) in [5, 5.41) is 0. The molecule has 1 aliphatic rings. The number of rotatable bonds is 4. The van der Waals surface area contributed by atoms with Gasteiger partial charge in [-0.25, -0.2) is 0 Å². The fourth-order valence-corrected chi connectivity index (χ4v) is 1.75. The molecule has 0 aromatic heterocycles. The monoisotopic (exact) mass is 184 g/mol. The molecule has 0 spiro atoms. The van der Waals surface area contributed by atoms with Crippen LogP contribution < -0.4 is 0 Å². The maximum absolute atomic E-state index is 3.75. The van der Waals surface area contributed by atoms with Crippen molar-refractivity contribution in [3.63, 3.8) is 0 Å². The molecule has 0 amide bonds. The van der Waals surface area contributed by atoms with Gasteiger partial charge in [0.05, 0.1) is 0 Å². The highest BCUT2D eigenvalue weighted by Crippen LogP contribution is 2.29. The third-order valence-corrected chi connectivity index (χ3v) is 2.74. The van der Waals surface area contributed by atoms with E-state index >= 15 is 0 Å². The van der Waals surface area contributed by atoms with Crippen LogP contribution in [0.2, 0.25) is 0 Å². The van der Waals surface area contributed by atoms with E-state index in [4.69, 9.17) is 0 Å². The van der Waals surface area contributed by atoms with Crippen LogP contribution in [0.1, 0.15) is 30.4 Å². The molecule has 0 radical (unpaired) electrons. The molecular formula is C14H16. The molecule has 0 saturated carbocycles. The molecule has 0 atom stereocenters. The minimum atomic E-state index is 1.07. The van der Waals surface area contributed by atoms with Crippen molar-refractivity contribution in [3.8, 4) is 0 Å². The van der Waals surface area contributed by atoms with Gasteiger partial charge in [-0.15, -0.1) is 6.58 Å². The molecule has 0 heterocycles. The Labute approximate surface area is 86.0 Å². The summed E-state index contributed by atoms with van der Waals surface area (Å²) in [5.41, 5.74) is 4.36. The Balaban J connectivity index is 2.14. The third-order valence-electron chi connectivity index (χ3n) is 2.74. The summed E-state index contributed by atoms with van der Waals surface area (Å²) in [7, 11) is 0. The number of aryl methyl sites for hydroxylation is 1. The van der Waals surface area contributed by atoms with Crippen LogP contribution >= 0.6 is 0 Å². The lowest BCUT2D eigenvalue weighted by Gasteiger charge is -2.15. The lowest BCUT2D eigenvalue weighted by atomic mass is 9.90. The minimum absolute atomic E-state index is 1.07. The van der Waals surface area contributed by atoms with Gasteiger partial charge in [-0.3, -0.25) is 0 Å². The predicted octanol–water partition coefficient (Wildman–Crippen LogP) is 3.98. The van der Waals surface area contributed by atoms with Crippen LogP contribution in [0.5, 0.6) is 0 Å². The van der Waals surface area contributed by atoms with E-state index in [-0.39, 0.29) is 0 Å². The molecule has 14 heavy (non-hydrogen) atoms. The standard InChI is InChI=1S/C14H16/c1-2-3-6-12-7-4-10-14(11-12)13-8-5-9-13/h2,4,7-8,10-11H,1,3,5-6,9H2. The summed E-state index contributed by atoms with van der Waals surface area (Å²) in [6.45, 7) is 3.75. The summed E-state index contributed by atoms with van der Waals surface area (Å²) in [4.78, 5) is 0. The van der Waals surface area contributed by atoms with Crippen molar-refractivity contribution >= 4 is 5.57 Å². The first kappa shape index (κ1) is 9.26. The van der Waals surface area contributed by atoms with Crippen molar-refractivity contribution in [3.05, 3.63) is 54.1 Å². The first-order valence-corrected chi connectivity index (χ1v) is 5.29. The molecule has 0 heteroatoms. The summed E-state index contributed by atoms with van der Waals surface area (Å²) in [6.07, 6.45) is 9.01. The topological polar surface area (TPSA) is 0 Å². The second-order valence-corrected chi connectivity index (χ2v) is 3.80. The van der Waals surface area contributed by atoms with Crippen LogP contribution in [0.4, 0.5) is 0 Å². The van der Waals surface area contributed by atoms with Gasteiger partial charge in [-0.2, -0.15) is 0 Å². The Hall–Kier alpha value is -1.30. The number of benzene rings is 1. The zero-order valence-corrected chi connectivity index (χ0v) is 8.50. The normalized spacial score (nSPS) is 14.4. The Morgan fingerprint density at radius 1 is 1.36 bits per heavy atom. The number of allylic oxidation sites excluding steroid dienone is 3. The number of hydrogen-bond donors (Lipinski definition) is 0. The van der Waals surface area contributed by atoms with E-state index < -0.39 is 0 Å². The molecule has 2 rings (SSSR count). The molecule has 0 saturated heterocycles. The van der Waals surface area contributed by atoms with Gasteiger partial charge in [-0.05, 0) is 42.4 Å². The highest BCUT2D eigenvalue weighted by atomic mass is 14.1. The molecule has 0 aliphatic heterocycles. The summed E-state index contributed by atoms with van der Waals surface area (Å²) in [6, 6.07) is 8.88. The maximum Gasteiger partial charge on any atom is -0.0225 e. The van der Waals surface area contributed by atoms with E-state index in [0.29, 0.717) is 0 Å². The average Bonchev–Trinajstić information content (AvgIpc) is 2.13. The fraction of sp³-hybridized carbons (Fsp3) is 0.286. The van der Waals surface area contributed by atoms with Crippen LogP contribution in [-0.4, -0.2) is 0 Å². The molecule has 0 bridgehead atoms. The van der Waals surface area contributed by atoms with E-state index in [9.17, 15) is 0 Å². The van der Waals surface area contributed by atoms with Crippen LogP contribution in [0, 0.1) is 0 Å². The Kier molecular flexibility index (Phi) is 2.83. The Morgan fingerprint density at radius 2 is 2.21 bits per heavy atom. The smallest absolute Gasteiger partial charge is 0.0225 e. The van der Waals surface area contributed by atoms with Crippen molar-refractivity contribution in [2.24, 2.45) is 0 Å². The summed E-state index contributed by atoms with van der Waals surface area (Å²) in [5.74, 6) is 0. The van der Waals surface area contributed by atoms with Crippen LogP contribution in [0.15, 0.2) is 43.0 Å². The predicted molar refractivity (Wildman–Crippen MR) is 62.2 cm³/mol.